The maximum atomic E-state index is 2.54. The van der Waals surface area contributed by atoms with Crippen LogP contribution in [-0.4, -0.2) is 0 Å². The Bertz CT molecular complexity index is 4140. The molecule has 75 heavy (non-hydrogen) atoms. The van der Waals surface area contributed by atoms with Gasteiger partial charge in [0.1, 0.15) is 0 Å². The van der Waals surface area contributed by atoms with Crippen molar-refractivity contribution < 1.29 is 0 Å². The standard InChI is InChI=1S/C73H48N2/c1-5-21-49(22-6-1)60-30-16-19-35-70(60)74(56-26-9-3-10-27-56)58-40-37-52-45-64-65-46-53-38-41-59(75(57-28-11-4-12-29-57)71-36-20-17-31-61(71)50-23-7-2-8-24-50)44-55(53)48-69(65)73(68(64)47-54(52)43-58)66-34-18-15-33-63(66)72-62-32-14-13-25-51(62)39-42-67(72)73/h1-48H. The monoisotopic (exact) mass is 952 g/mol. The molecular formula is C73H48N2. The van der Waals surface area contributed by atoms with Crippen LogP contribution in [-0.2, 0) is 5.41 Å². The zero-order valence-electron chi connectivity index (χ0n) is 41.1. The fourth-order valence-electron chi connectivity index (χ4n) is 12.8. The average molecular weight is 953 g/mol. The van der Waals surface area contributed by atoms with E-state index in [0.29, 0.717) is 0 Å². The Labute approximate surface area is 437 Å². The van der Waals surface area contributed by atoms with Crippen LogP contribution in [0.2, 0.25) is 0 Å². The normalized spacial score (nSPS) is 12.6. The minimum Gasteiger partial charge on any atom is -0.310 e. The van der Waals surface area contributed by atoms with Crippen molar-refractivity contribution in [3.05, 3.63) is 313 Å². The average Bonchev–Trinajstić information content (AvgIpc) is 3.98. The molecule has 1 spiro atoms. The zero-order chi connectivity index (χ0) is 49.5. The van der Waals surface area contributed by atoms with Gasteiger partial charge in [0, 0.05) is 33.9 Å². The molecule has 0 fully saturated rings. The number of fused-ring (bicyclic) bond motifs is 14. The van der Waals surface area contributed by atoms with Crippen molar-refractivity contribution in [3.8, 4) is 44.5 Å². The first-order valence-electron chi connectivity index (χ1n) is 26.0. The molecule has 0 aliphatic heterocycles. The lowest BCUT2D eigenvalue weighted by atomic mass is 9.70. The van der Waals surface area contributed by atoms with Gasteiger partial charge in [0.15, 0.2) is 0 Å². The van der Waals surface area contributed by atoms with Crippen molar-refractivity contribution in [2.24, 2.45) is 0 Å². The maximum absolute atomic E-state index is 2.54. The molecule has 0 N–H and O–H groups in total. The molecule has 0 saturated heterocycles. The van der Waals surface area contributed by atoms with Crippen LogP contribution in [0.4, 0.5) is 34.1 Å². The molecule has 0 aromatic heterocycles. The largest absolute Gasteiger partial charge is 0.310 e. The molecular weight excluding hydrogens is 905 g/mol. The third-order valence-electron chi connectivity index (χ3n) is 16.0. The summed E-state index contributed by atoms with van der Waals surface area (Å²) in [6.07, 6.45) is 0. The number of nitrogens with zero attached hydrogens (tertiary/aromatic N) is 2. The van der Waals surface area contributed by atoms with Crippen LogP contribution in [0.1, 0.15) is 22.3 Å². The summed E-state index contributed by atoms with van der Waals surface area (Å²) in [5, 5.41) is 7.35. The quantitative estimate of drug-likeness (QED) is 0.150. The Morgan fingerprint density at radius 2 is 0.653 bits per heavy atom. The molecule has 0 bridgehead atoms. The molecule has 2 aliphatic carbocycles. The highest BCUT2D eigenvalue weighted by Crippen LogP contribution is 2.65. The van der Waals surface area contributed by atoms with Gasteiger partial charge in [0.05, 0.1) is 16.8 Å². The van der Waals surface area contributed by atoms with Crippen molar-refractivity contribution in [1.29, 1.82) is 0 Å². The molecule has 0 unspecified atom stereocenters. The van der Waals surface area contributed by atoms with E-state index in [0.717, 1.165) is 34.1 Å². The predicted octanol–water partition coefficient (Wildman–Crippen LogP) is 19.8. The van der Waals surface area contributed by atoms with Gasteiger partial charge in [-0.15, -0.1) is 0 Å². The van der Waals surface area contributed by atoms with Gasteiger partial charge in [-0.05, 0) is 173 Å². The minimum absolute atomic E-state index is 0.590. The van der Waals surface area contributed by atoms with Crippen molar-refractivity contribution in [1.82, 2.24) is 0 Å². The van der Waals surface area contributed by atoms with Crippen molar-refractivity contribution in [2.75, 3.05) is 9.80 Å². The molecule has 13 aromatic rings. The lowest BCUT2D eigenvalue weighted by Crippen LogP contribution is -2.26. The topological polar surface area (TPSA) is 6.48 Å². The highest BCUT2D eigenvalue weighted by molar-refractivity contribution is 6.09. The number of anilines is 6. The lowest BCUT2D eigenvalue weighted by molar-refractivity contribution is 0.797. The van der Waals surface area contributed by atoms with E-state index in [1.165, 1.54) is 99.1 Å². The van der Waals surface area contributed by atoms with E-state index in [1.54, 1.807) is 0 Å². The molecule has 2 aliphatic rings. The molecule has 13 aromatic carbocycles. The van der Waals surface area contributed by atoms with Crippen LogP contribution in [0, 0.1) is 0 Å². The molecule has 0 radical (unpaired) electrons. The summed E-state index contributed by atoms with van der Waals surface area (Å²) >= 11 is 0. The van der Waals surface area contributed by atoms with Crippen molar-refractivity contribution >= 4 is 66.4 Å². The number of para-hydroxylation sites is 4. The van der Waals surface area contributed by atoms with Crippen molar-refractivity contribution in [3.63, 3.8) is 0 Å². The van der Waals surface area contributed by atoms with Gasteiger partial charge in [-0.1, -0.05) is 206 Å². The van der Waals surface area contributed by atoms with Gasteiger partial charge >= 0.3 is 0 Å². The summed E-state index contributed by atoms with van der Waals surface area (Å²) in [5.74, 6) is 0. The van der Waals surface area contributed by atoms with E-state index in [4.69, 9.17) is 0 Å². The number of hydrogen-bond donors (Lipinski definition) is 0. The van der Waals surface area contributed by atoms with Crippen LogP contribution < -0.4 is 9.80 Å². The van der Waals surface area contributed by atoms with E-state index in [-0.39, 0.29) is 0 Å². The van der Waals surface area contributed by atoms with E-state index in [1.807, 2.05) is 0 Å². The Morgan fingerprint density at radius 1 is 0.227 bits per heavy atom. The predicted molar refractivity (Wildman–Crippen MR) is 315 cm³/mol. The summed E-state index contributed by atoms with van der Waals surface area (Å²) in [5.41, 5.74) is 21.3. The van der Waals surface area contributed by atoms with Gasteiger partial charge in [-0.3, -0.25) is 0 Å². The first-order chi connectivity index (χ1) is 37.2. The SMILES string of the molecule is c1ccc(-c2ccccc2N(c2ccccc2)c2ccc3cc4c(cc3c2)C2(c3cc5cc(N(c6ccccc6)c6ccccc6-c6ccccc6)ccc5cc3-4)c3ccccc3-c3c2ccc2ccccc32)cc1. The molecule has 0 atom stereocenters. The molecule has 350 valence electrons. The summed E-state index contributed by atoms with van der Waals surface area (Å²) in [4.78, 5) is 4.85. The maximum Gasteiger partial charge on any atom is 0.0726 e. The van der Waals surface area contributed by atoms with Crippen LogP contribution in [0.5, 0.6) is 0 Å². The highest BCUT2D eigenvalue weighted by Gasteiger charge is 2.52. The number of rotatable bonds is 8. The van der Waals surface area contributed by atoms with Crippen molar-refractivity contribution in [2.45, 2.75) is 5.41 Å². The van der Waals surface area contributed by atoms with E-state index in [2.05, 4.69) is 301 Å². The smallest absolute Gasteiger partial charge is 0.0726 e. The summed E-state index contributed by atoms with van der Waals surface area (Å²) in [6, 6.07) is 108. The van der Waals surface area contributed by atoms with Gasteiger partial charge in [-0.2, -0.15) is 0 Å². The first-order valence-corrected chi connectivity index (χ1v) is 26.0. The third kappa shape index (κ3) is 6.66. The van der Waals surface area contributed by atoms with Gasteiger partial charge in [0.25, 0.3) is 0 Å². The Balaban J connectivity index is 0.976. The van der Waals surface area contributed by atoms with Gasteiger partial charge in [-0.25, -0.2) is 0 Å². The summed E-state index contributed by atoms with van der Waals surface area (Å²) < 4.78 is 0. The second-order valence-electron chi connectivity index (χ2n) is 20.0. The molecule has 15 rings (SSSR count). The third-order valence-corrected chi connectivity index (χ3v) is 16.0. The Kier molecular flexibility index (Phi) is 9.83. The Morgan fingerprint density at radius 3 is 1.19 bits per heavy atom. The molecule has 0 saturated carbocycles. The molecule has 2 heteroatoms. The minimum atomic E-state index is -0.590. The molecule has 2 nitrogen and oxygen atoms in total. The molecule has 0 amide bonds. The Hall–Kier alpha value is -9.76. The van der Waals surface area contributed by atoms with Crippen LogP contribution >= 0.6 is 0 Å². The van der Waals surface area contributed by atoms with Gasteiger partial charge in [0.2, 0.25) is 0 Å². The van der Waals surface area contributed by atoms with Crippen LogP contribution in [0.25, 0.3) is 76.8 Å². The lowest BCUT2D eigenvalue weighted by Gasteiger charge is -2.31. The highest BCUT2D eigenvalue weighted by atomic mass is 15.1. The number of benzene rings is 13. The fourth-order valence-corrected chi connectivity index (χ4v) is 12.8. The second kappa shape index (κ2) is 17.2. The number of hydrogen-bond acceptors (Lipinski definition) is 2. The fraction of sp³-hybridized carbons (Fsp3) is 0.0137. The molecule has 0 heterocycles. The van der Waals surface area contributed by atoms with Crippen LogP contribution in [0.15, 0.2) is 291 Å². The zero-order valence-corrected chi connectivity index (χ0v) is 41.1. The van der Waals surface area contributed by atoms with E-state index < -0.39 is 5.41 Å². The van der Waals surface area contributed by atoms with Gasteiger partial charge < -0.3 is 9.80 Å². The summed E-state index contributed by atoms with van der Waals surface area (Å²) in [7, 11) is 0. The summed E-state index contributed by atoms with van der Waals surface area (Å²) in [6.45, 7) is 0. The van der Waals surface area contributed by atoms with E-state index >= 15 is 0 Å². The second-order valence-corrected chi connectivity index (χ2v) is 20.0. The first kappa shape index (κ1) is 42.9. The van der Waals surface area contributed by atoms with Crippen LogP contribution in [0.3, 0.4) is 0 Å². The van der Waals surface area contributed by atoms with E-state index in [9.17, 15) is 0 Å².